The Morgan fingerprint density at radius 1 is 1.27 bits per heavy atom. The van der Waals surface area contributed by atoms with Crippen LogP contribution in [0.4, 0.5) is 0 Å². The highest BCUT2D eigenvalue weighted by Crippen LogP contribution is 2.05. The van der Waals surface area contributed by atoms with Crippen molar-refractivity contribution in [3.8, 4) is 0 Å². The summed E-state index contributed by atoms with van der Waals surface area (Å²) in [6.07, 6.45) is 0.635. The molecule has 0 aliphatic heterocycles. The Balaban J connectivity index is 0.000000921. The van der Waals surface area contributed by atoms with Gasteiger partial charge in [0.15, 0.2) is 0 Å². The van der Waals surface area contributed by atoms with Crippen LogP contribution in [0.5, 0.6) is 0 Å². The largest absolute Gasteiger partial charge is 0.321 e. The van der Waals surface area contributed by atoms with Crippen LogP contribution in [0.2, 0.25) is 0 Å². The molecule has 2 nitrogen and oxygen atoms in total. The van der Waals surface area contributed by atoms with E-state index in [9.17, 15) is 4.79 Å². The summed E-state index contributed by atoms with van der Waals surface area (Å²) in [6, 6.07) is 7.73. The van der Waals surface area contributed by atoms with Gasteiger partial charge in [0.05, 0.1) is 6.04 Å². The van der Waals surface area contributed by atoms with Crippen molar-refractivity contribution in [3.05, 3.63) is 35.4 Å². The highest BCUT2D eigenvalue weighted by atomic mass is 16.1. The van der Waals surface area contributed by atoms with Gasteiger partial charge in [-0.25, -0.2) is 0 Å². The van der Waals surface area contributed by atoms with E-state index in [4.69, 9.17) is 5.73 Å². The molecule has 15 heavy (non-hydrogen) atoms. The van der Waals surface area contributed by atoms with Crippen LogP contribution in [0.15, 0.2) is 24.3 Å². The molecule has 0 saturated heterocycles. The zero-order valence-corrected chi connectivity index (χ0v) is 10.1. The maximum absolute atomic E-state index is 10.9. The van der Waals surface area contributed by atoms with Crippen molar-refractivity contribution in [1.29, 1.82) is 0 Å². The summed E-state index contributed by atoms with van der Waals surface area (Å²) in [4.78, 5) is 10.9. The molecule has 1 rings (SSSR count). The van der Waals surface area contributed by atoms with Gasteiger partial charge in [-0.2, -0.15) is 0 Å². The van der Waals surface area contributed by atoms with Crippen molar-refractivity contribution >= 4 is 5.78 Å². The van der Waals surface area contributed by atoms with E-state index in [2.05, 4.69) is 0 Å². The van der Waals surface area contributed by atoms with E-state index >= 15 is 0 Å². The molecule has 0 aliphatic rings. The first-order chi connectivity index (χ1) is 7.09. The number of carbonyl (C=O) groups is 1. The van der Waals surface area contributed by atoms with Gasteiger partial charge >= 0.3 is 0 Å². The Morgan fingerprint density at radius 2 is 1.73 bits per heavy atom. The number of nitrogens with two attached hydrogens (primary N) is 1. The normalized spacial score (nSPS) is 11.3. The van der Waals surface area contributed by atoms with Crippen LogP contribution in [0.3, 0.4) is 0 Å². The molecule has 0 fully saturated rings. The SMILES string of the molecule is CC.CC(=O)[C@H](N)Cc1ccc(C)cc1. The minimum absolute atomic E-state index is 0.0422. The fourth-order valence-electron chi connectivity index (χ4n) is 1.12. The predicted octanol–water partition coefficient (Wildman–Crippen LogP) is 2.48. The molecule has 0 heterocycles. The quantitative estimate of drug-likeness (QED) is 0.827. The van der Waals surface area contributed by atoms with Crippen molar-refractivity contribution < 1.29 is 4.79 Å². The molecule has 0 amide bonds. The number of Topliss-reactive ketones (excluding diaryl/α,β-unsaturated/α-hetero) is 1. The average Bonchev–Trinajstić information content (AvgIpc) is 2.24. The van der Waals surface area contributed by atoms with Crippen LogP contribution < -0.4 is 5.73 Å². The van der Waals surface area contributed by atoms with Crippen LogP contribution in [-0.2, 0) is 11.2 Å². The lowest BCUT2D eigenvalue weighted by molar-refractivity contribution is -0.118. The van der Waals surface area contributed by atoms with E-state index in [0.717, 1.165) is 5.56 Å². The zero-order chi connectivity index (χ0) is 11.8. The lowest BCUT2D eigenvalue weighted by atomic mass is 10.0. The number of carbonyl (C=O) groups excluding carboxylic acids is 1. The molecule has 2 heteroatoms. The Hall–Kier alpha value is -1.15. The lowest BCUT2D eigenvalue weighted by Gasteiger charge is -2.07. The van der Waals surface area contributed by atoms with Gasteiger partial charge < -0.3 is 5.73 Å². The topological polar surface area (TPSA) is 43.1 Å². The first-order valence-electron chi connectivity index (χ1n) is 5.41. The third-order valence-electron chi connectivity index (χ3n) is 2.10. The standard InChI is InChI=1S/C11H15NO.C2H6/c1-8-3-5-10(6-4-8)7-11(12)9(2)13;1-2/h3-6,11H,7,12H2,1-2H3;1-2H3/t11-;/m1./s1. The van der Waals surface area contributed by atoms with Crippen molar-refractivity contribution in [2.24, 2.45) is 5.73 Å². The molecule has 0 spiro atoms. The Labute approximate surface area is 92.5 Å². The van der Waals surface area contributed by atoms with Gasteiger partial charge in [0, 0.05) is 0 Å². The maximum atomic E-state index is 10.9. The first kappa shape index (κ1) is 13.8. The third-order valence-corrected chi connectivity index (χ3v) is 2.10. The number of ketones is 1. The highest BCUT2D eigenvalue weighted by molar-refractivity contribution is 5.81. The molecule has 0 bridgehead atoms. The monoisotopic (exact) mass is 207 g/mol. The molecule has 0 aromatic heterocycles. The van der Waals surface area contributed by atoms with Crippen molar-refractivity contribution in [2.75, 3.05) is 0 Å². The molecular formula is C13H21NO. The number of benzene rings is 1. The van der Waals surface area contributed by atoms with Gasteiger partial charge in [-0.1, -0.05) is 43.7 Å². The second-order valence-electron chi connectivity index (χ2n) is 3.41. The summed E-state index contributed by atoms with van der Waals surface area (Å²) >= 11 is 0. The fraction of sp³-hybridized carbons (Fsp3) is 0.462. The minimum Gasteiger partial charge on any atom is -0.321 e. The van der Waals surface area contributed by atoms with Crippen molar-refractivity contribution in [3.63, 3.8) is 0 Å². The van der Waals surface area contributed by atoms with Crippen LogP contribution in [0, 0.1) is 6.92 Å². The number of hydrogen-bond donors (Lipinski definition) is 1. The third kappa shape index (κ3) is 5.33. The lowest BCUT2D eigenvalue weighted by Crippen LogP contribution is -2.30. The van der Waals surface area contributed by atoms with Crippen molar-refractivity contribution in [2.45, 2.75) is 40.2 Å². The second kappa shape index (κ2) is 7.18. The molecule has 1 aromatic carbocycles. The van der Waals surface area contributed by atoms with E-state index in [0.29, 0.717) is 6.42 Å². The van der Waals surface area contributed by atoms with E-state index in [1.54, 1.807) is 0 Å². The van der Waals surface area contributed by atoms with E-state index in [1.807, 2.05) is 45.0 Å². The summed E-state index contributed by atoms with van der Waals surface area (Å²) in [6.45, 7) is 7.56. The average molecular weight is 207 g/mol. The number of rotatable bonds is 3. The first-order valence-corrected chi connectivity index (χ1v) is 5.41. The van der Waals surface area contributed by atoms with Crippen molar-refractivity contribution in [1.82, 2.24) is 0 Å². The summed E-state index contributed by atoms with van der Waals surface area (Å²) in [5.41, 5.74) is 7.98. The van der Waals surface area contributed by atoms with E-state index in [-0.39, 0.29) is 11.8 Å². The van der Waals surface area contributed by atoms with Gasteiger partial charge in [-0.05, 0) is 25.8 Å². The molecule has 1 aromatic rings. The minimum atomic E-state index is -0.359. The molecule has 0 aliphatic carbocycles. The predicted molar refractivity (Wildman–Crippen MR) is 64.9 cm³/mol. The summed E-state index contributed by atoms with van der Waals surface area (Å²) in [7, 11) is 0. The molecule has 0 unspecified atom stereocenters. The summed E-state index contributed by atoms with van der Waals surface area (Å²) in [5.74, 6) is 0.0422. The highest BCUT2D eigenvalue weighted by Gasteiger charge is 2.07. The van der Waals surface area contributed by atoms with Crippen LogP contribution in [0.1, 0.15) is 31.9 Å². The molecule has 2 N–H and O–H groups in total. The van der Waals surface area contributed by atoms with Gasteiger partial charge in [0.1, 0.15) is 5.78 Å². The Morgan fingerprint density at radius 3 is 2.13 bits per heavy atom. The Kier molecular flexibility index (Phi) is 6.63. The van der Waals surface area contributed by atoms with Gasteiger partial charge in [-0.15, -0.1) is 0 Å². The maximum Gasteiger partial charge on any atom is 0.146 e. The molecule has 84 valence electrons. The Bertz CT molecular complexity index is 290. The van der Waals surface area contributed by atoms with Gasteiger partial charge in [-0.3, -0.25) is 4.79 Å². The summed E-state index contributed by atoms with van der Waals surface area (Å²) in [5, 5.41) is 0. The number of aryl methyl sites for hydroxylation is 1. The van der Waals surface area contributed by atoms with E-state index in [1.165, 1.54) is 12.5 Å². The second-order valence-corrected chi connectivity index (χ2v) is 3.41. The molecular weight excluding hydrogens is 186 g/mol. The van der Waals surface area contributed by atoms with Crippen LogP contribution >= 0.6 is 0 Å². The van der Waals surface area contributed by atoms with E-state index < -0.39 is 0 Å². The zero-order valence-electron chi connectivity index (χ0n) is 10.1. The number of hydrogen-bond acceptors (Lipinski definition) is 2. The smallest absolute Gasteiger partial charge is 0.146 e. The molecule has 0 saturated carbocycles. The van der Waals surface area contributed by atoms with Crippen LogP contribution in [-0.4, -0.2) is 11.8 Å². The molecule has 0 radical (unpaired) electrons. The van der Waals surface area contributed by atoms with Crippen LogP contribution in [0.25, 0.3) is 0 Å². The van der Waals surface area contributed by atoms with Gasteiger partial charge in [0.25, 0.3) is 0 Å². The molecule has 1 atom stereocenters. The van der Waals surface area contributed by atoms with Gasteiger partial charge in [0.2, 0.25) is 0 Å². The summed E-state index contributed by atoms with van der Waals surface area (Å²) < 4.78 is 0. The fourth-order valence-corrected chi connectivity index (χ4v) is 1.12.